The summed E-state index contributed by atoms with van der Waals surface area (Å²) in [6.45, 7) is 6.76. The van der Waals surface area contributed by atoms with E-state index in [0.717, 1.165) is 25.7 Å². The van der Waals surface area contributed by atoms with Gasteiger partial charge >= 0.3 is 6.09 Å². The Labute approximate surface area is 185 Å². The molecule has 2 atom stereocenters. The highest BCUT2D eigenvalue weighted by molar-refractivity contribution is 6.30. The highest BCUT2D eigenvalue weighted by Crippen LogP contribution is 2.45. The summed E-state index contributed by atoms with van der Waals surface area (Å²) in [6.07, 6.45) is 3.45. The molecular weight excluding hydrogens is 425 g/mol. The molecule has 168 valence electrons. The minimum absolute atomic E-state index is 0.0112. The van der Waals surface area contributed by atoms with Crippen molar-refractivity contribution < 1.29 is 18.7 Å². The molecule has 0 spiro atoms. The molecule has 0 N–H and O–H groups in total. The van der Waals surface area contributed by atoms with Gasteiger partial charge in [-0.15, -0.1) is 0 Å². The number of amides is 1. The van der Waals surface area contributed by atoms with E-state index in [4.69, 9.17) is 26.2 Å². The molecule has 3 saturated heterocycles. The van der Waals surface area contributed by atoms with E-state index in [0.29, 0.717) is 29.8 Å². The summed E-state index contributed by atoms with van der Waals surface area (Å²) < 4.78 is 27.9. The Kier molecular flexibility index (Phi) is 4.73. The van der Waals surface area contributed by atoms with Crippen LogP contribution in [0.25, 0.3) is 10.9 Å². The number of ether oxygens (including phenoxy) is 2. The smallest absolute Gasteiger partial charge is 0.410 e. The van der Waals surface area contributed by atoms with Gasteiger partial charge in [-0.1, -0.05) is 11.6 Å². The van der Waals surface area contributed by atoms with E-state index < -0.39 is 11.4 Å². The molecular formula is C21H27ClFN5O3. The van der Waals surface area contributed by atoms with Gasteiger partial charge in [0.05, 0.1) is 19.2 Å². The van der Waals surface area contributed by atoms with Gasteiger partial charge in [0.15, 0.2) is 16.8 Å². The molecule has 4 aliphatic rings. The third-order valence-corrected chi connectivity index (χ3v) is 6.46. The zero-order valence-electron chi connectivity index (χ0n) is 18.2. The molecule has 1 saturated carbocycles. The highest BCUT2D eigenvalue weighted by Gasteiger charge is 2.45. The fourth-order valence-corrected chi connectivity index (χ4v) is 4.85. The largest absolute Gasteiger partial charge is 0.480 e. The second-order valence-corrected chi connectivity index (χ2v) is 9.98. The van der Waals surface area contributed by atoms with Crippen molar-refractivity contribution in [3.05, 3.63) is 11.0 Å². The van der Waals surface area contributed by atoms with Gasteiger partial charge in [0.1, 0.15) is 16.5 Å². The summed E-state index contributed by atoms with van der Waals surface area (Å²) in [6, 6.07) is 0.234. The van der Waals surface area contributed by atoms with Crippen molar-refractivity contribution in [1.82, 2.24) is 19.7 Å². The molecule has 31 heavy (non-hydrogen) atoms. The molecule has 2 bridgehead atoms. The van der Waals surface area contributed by atoms with E-state index in [1.807, 2.05) is 25.7 Å². The first-order valence-electron chi connectivity index (χ1n) is 10.8. The van der Waals surface area contributed by atoms with Crippen molar-refractivity contribution in [3.63, 3.8) is 0 Å². The Morgan fingerprint density at radius 2 is 1.81 bits per heavy atom. The lowest BCUT2D eigenvalue weighted by atomic mass is 9.91. The number of carbonyl (C=O) groups excluding carboxylic acids is 1. The molecule has 3 aliphatic heterocycles. The maximum atomic E-state index is 15.1. The van der Waals surface area contributed by atoms with Crippen LogP contribution in [-0.4, -0.2) is 63.6 Å². The predicted molar refractivity (Wildman–Crippen MR) is 114 cm³/mol. The molecule has 8 nitrogen and oxygen atoms in total. The molecule has 5 heterocycles. The number of anilines is 1. The normalized spacial score (nSPS) is 23.5. The number of fused-ring (bicyclic) bond motifs is 4. The number of carbonyl (C=O) groups is 1. The fraction of sp³-hybridized carbons (Fsp3) is 0.667. The first kappa shape index (κ1) is 20.6. The van der Waals surface area contributed by atoms with Crippen LogP contribution in [0.3, 0.4) is 0 Å². The molecule has 4 fully saturated rings. The maximum Gasteiger partial charge on any atom is 0.410 e. The summed E-state index contributed by atoms with van der Waals surface area (Å²) in [7, 11) is 1.50. The van der Waals surface area contributed by atoms with E-state index in [2.05, 4.69) is 9.88 Å². The number of rotatable bonds is 3. The standard InChI is InChI=1S/C21H27ClFN5O3/c1-21(2,3)31-20(29)27-10-12-7-8-13(27)9-26(12)18-14-16(28(25-18)11-5-6-11)15(23)17(22)24-19(14)30-4/h11-13H,5-10H2,1-4H3/t12?,13-/m0/s1. The van der Waals surface area contributed by atoms with Gasteiger partial charge in [0.2, 0.25) is 5.88 Å². The van der Waals surface area contributed by atoms with Crippen LogP contribution in [0.1, 0.15) is 52.5 Å². The van der Waals surface area contributed by atoms with Gasteiger partial charge in [0, 0.05) is 19.1 Å². The zero-order chi connectivity index (χ0) is 22.1. The number of halogens is 2. The molecule has 2 aromatic rings. The van der Waals surface area contributed by atoms with Crippen LogP contribution in [0.2, 0.25) is 5.15 Å². The predicted octanol–water partition coefficient (Wildman–Crippen LogP) is 4.16. The van der Waals surface area contributed by atoms with Crippen molar-refractivity contribution in [2.24, 2.45) is 0 Å². The van der Waals surface area contributed by atoms with Crippen LogP contribution in [0.15, 0.2) is 0 Å². The zero-order valence-corrected chi connectivity index (χ0v) is 18.9. The topological polar surface area (TPSA) is 72.7 Å². The van der Waals surface area contributed by atoms with E-state index in [1.165, 1.54) is 7.11 Å². The van der Waals surface area contributed by atoms with Crippen LogP contribution >= 0.6 is 11.6 Å². The second kappa shape index (κ2) is 7.12. The number of aromatic nitrogens is 3. The number of pyridine rings is 1. The van der Waals surface area contributed by atoms with Crippen LogP contribution in [-0.2, 0) is 4.74 Å². The Morgan fingerprint density at radius 3 is 2.39 bits per heavy atom. The number of hydrogen-bond acceptors (Lipinski definition) is 6. The summed E-state index contributed by atoms with van der Waals surface area (Å²) in [5.41, 5.74) is -0.192. The van der Waals surface area contributed by atoms with E-state index in [-0.39, 0.29) is 35.3 Å². The third kappa shape index (κ3) is 3.46. The third-order valence-electron chi connectivity index (χ3n) is 6.21. The van der Waals surface area contributed by atoms with Gasteiger partial charge in [-0.25, -0.2) is 9.18 Å². The van der Waals surface area contributed by atoms with Crippen molar-refractivity contribution in [2.45, 2.75) is 70.2 Å². The average Bonchev–Trinajstić information content (AvgIpc) is 3.49. The quantitative estimate of drug-likeness (QED) is 0.652. The number of nitrogens with zero attached hydrogens (tertiary/aromatic N) is 5. The molecule has 2 aromatic heterocycles. The highest BCUT2D eigenvalue weighted by atomic mass is 35.5. The van der Waals surface area contributed by atoms with Gasteiger partial charge in [-0.2, -0.15) is 10.1 Å². The molecule has 1 unspecified atom stereocenters. The average molecular weight is 452 g/mol. The van der Waals surface area contributed by atoms with Gasteiger partial charge < -0.3 is 19.3 Å². The number of hydrogen-bond donors (Lipinski definition) is 0. The summed E-state index contributed by atoms with van der Waals surface area (Å²) >= 11 is 6.05. The maximum absolute atomic E-state index is 15.1. The first-order chi connectivity index (χ1) is 14.7. The Hall–Kier alpha value is -2.29. The van der Waals surface area contributed by atoms with Crippen molar-refractivity contribution in [2.75, 3.05) is 25.1 Å². The molecule has 0 radical (unpaired) electrons. The SMILES string of the molecule is COc1nc(Cl)c(F)c2c1c(N1C[C@@H]3CCC1CN3C(=O)OC(C)(C)C)nn2C1CC1. The molecule has 10 heteroatoms. The van der Waals surface area contributed by atoms with Gasteiger partial charge in [-0.05, 0) is 46.5 Å². The lowest BCUT2D eigenvalue weighted by molar-refractivity contribution is 0.000801. The van der Waals surface area contributed by atoms with E-state index in [9.17, 15) is 4.79 Å². The van der Waals surface area contributed by atoms with Crippen molar-refractivity contribution >= 4 is 34.4 Å². The minimum atomic E-state index is -0.569. The molecule has 1 aliphatic carbocycles. The lowest BCUT2D eigenvalue weighted by Crippen LogP contribution is -2.64. The number of piperazine rings is 1. The second-order valence-electron chi connectivity index (χ2n) is 9.62. The van der Waals surface area contributed by atoms with Gasteiger partial charge in [0.25, 0.3) is 0 Å². The van der Waals surface area contributed by atoms with Crippen molar-refractivity contribution in [3.8, 4) is 5.88 Å². The van der Waals surface area contributed by atoms with Crippen LogP contribution in [0, 0.1) is 5.82 Å². The van der Waals surface area contributed by atoms with E-state index in [1.54, 1.807) is 4.68 Å². The summed E-state index contributed by atoms with van der Waals surface area (Å²) in [5, 5.41) is 5.16. The molecule has 0 aromatic carbocycles. The van der Waals surface area contributed by atoms with Crippen LogP contribution in [0.4, 0.5) is 15.0 Å². The van der Waals surface area contributed by atoms with E-state index >= 15 is 4.39 Å². The van der Waals surface area contributed by atoms with Crippen molar-refractivity contribution in [1.29, 1.82) is 0 Å². The summed E-state index contributed by atoms with van der Waals surface area (Å²) in [4.78, 5) is 20.8. The minimum Gasteiger partial charge on any atom is -0.480 e. The Bertz CT molecular complexity index is 1050. The number of methoxy groups -OCH3 is 1. The molecule has 6 rings (SSSR count). The first-order valence-corrected chi connectivity index (χ1v) is 11.1. The van der Waals surface area contributed by atoms with Crippen LogP contribution in [0.5, 0.6) is 5.88 Å². The lowest BCUT2D eigenvalue weighted by Gasteiger charge is -2.51. The van der Waals surface area contributed by atoms with Crippen LogP contribution < -0.4 is 9.64 Å². The Morgan fingerprint density at radius 1 is 1.13 bits per heavy atom. The van der Waals surface area contributed by atoms with Gasteiger partial charge in [-0.3, -0.25) is 4.68 Å². The number of piperidine rings is 2. The fourth-order valence-electron chi connectivity index (χ4n) is 4.69. The monoisotopic (exact) mass is 451 g/mol. The molecule has 1 amide bonds. The Balaban J connectivity index is 1.53. The summed E-state index contributed by atoms with van der Waals surface area (Å²) in [5.74, 6) is 0.356.